The number of ether oxygens (including phenoxy) is 2. The predicted octanol–water partition coefficient (Wildman–Crippen LogP) is 2.70. The van der Waals surface area contributed by atoms with Gasteiger partial charge in [0.2, 0.25) is 0 Å². The van der Waals surface area contributed by atoms with E-state index in [1.54, 1.807) is 0 Å². The van der Waals surface area contributed by atoms with Crippen LogP contribution in [0.5, 0.6) is 0 Å². The fraction of sp³-hybridized carbons (Fsp3) is 1.00. The minimum Gasteiger partial charge on any atom is -0.381 e. The molecule has 0 aliphatic rings. The lowest BCUT2D eigenvalue weighted by Crippen LogP contribution is -2.20. The van der Waals surface area contributed by atoms with Crippen LogP contribution in [-0.4, -0.2) is 39.5 Å². The first-order valence-corrected chi connectivity index (χ1v) is 6.99. The zero-order valence-electron chi connectivity index (χ0n) is 12.1. The molecule has 0 aromatic heterocycles. The second-order valence-electron chi connectivity index (χ2n) is 5.39. The summed E-state index contributed by atoms with van der Waals surface area (Å²) in [6.07, 6.45) is 2.19. The quantitative estimate of drug-likeness (QED) is 0.536. The van der Waals surface area contributed by atoms with Crippen molar-refractivity contribution in [2.75, 3.05) is 39.5 Å². The molecule has 0 aliphatic heterocycles. The fourth-order valence-electron chi connectivity index (χ4n) is 1.36. The number of hydrogen-bond acceptors (Lipinski definition) is 3. The summed E-state index contributed by atoms with van der Waals surface area (Å²) < 4.78 is 11.0. The molecule has 0 radical (unpaired) electrons. The average Bonchev–Trinajstić information content (AvgIpc) is 2.25. The predicted molar refractivity (Wildman–Crippen MR) is 73.4 cm³/mol. The van der Waals surface area contributed by atoms with Crippen LogP contribution in [0, 0.1) is 11.8 Å². The van der Waals surface area contributed by atoms with E-state index < -0.39 is 0 Å². The molecule has 0 atom stereocenters. The molecule has 1 N–H and O–H groups in total. The minimum absolute atomic E-state index is 0.640. The van der Waals surface area contributed by atoms with Crippen LogP contribution < -0.4 is 5.32 Å². The Labute approximate surface area is 107 Å². The molecule has 3 heteroatoms. The van der Waals surface area contributed by atoms with Crippen LogP contribution >= 0.6 is 0 Å². The van der Waals surface area contributed by atoms with E-state index in [4.69, 9.17) is 9.47 Å². The zero-order chi connectivity index (χ0) is 12.9. The molecule has 0 rings (SSSR count). The molecule has 3 nitrogen and oxygen atoms in total. The van der Waals surface area contributed by atoms with Gasteiger partial charge in [-0.3, -0.25) is 0 Å². The molecule has 0 amide bonds. The Hall–Kier alpha value is -0.120. The van der Waals surface area contributed by atoms with Gasteiger partial charge in [0, 0.05) is 26.4 Å². The summed E-state index contributed by atoms with van der Waals surface area (Å²) >= 11 is 0. The lowest BCUT2D eigenvalue weighted by molar-refractivity contribution is 0.104. The highest BCUT2D eigenvalue weighted by Gasteiger charge is 1.95. The molecule has 0 aromatic rings. The largest absolute Gasteiger partial charge is 0.381 e. The number of nitrogens with one attached hydrogen (secondary N) is 1. The van der Waals surface area contributed by atoms with Crippen molar-refractivity contribution in [2.24, 2.45) is 11.8 Å². The van der Waals surface area contributed by atoms with Crippen LogP contribution in [-0.2, 0) is 9.47 Å². The highest BCUT2D eigenvalue weighted by Crippen LogP contribution is 1.94. The Bertz CT molecular complexity index is 133. The molecule has 17 heavy (non-hydrogen) atoms. The van der Waals surface area contributed by atoms with Crippen molar-refractivity contribution in [1.82, 2.24) is 5.32 Å². The van der Waals surface area contributed by atoms with E-state index in [2.05, 4.69) is 33.0 Å². The lowest BCUT2D eigenvalue weighted by Gasteiger charge is -2.08. The van der Waals surface area contributed by atoms with E-state index in [1.165, 1.54) is 0 Å². The molecule has 0 saturated heterocycles. The second-order valence-corrected chi connectivity index (χ2v) is 5.39. The van der Waals surface area contributed by atoms with Crippen LogP contribution in [0.1, 0.15) is 40.5 Å². The van der Waals surface area contributed by atoms with Gasteiger partial charge in [-0.05, 0) is 37.8 Å². The monoisotopic (exact) mass is 245 g/mol. The Morgan fingerprint density at radius 3 is 1.53 bits per heavy atom. The highest BCUT2D eigenvalue weighted by atomic mass is 16.5. The highest BCUT2D eigenvalue weighted by molar-refractivity contribution is 4.49. The summed E-state index contributed by atoms with van der Waals surface area (Å²) in [7, 11) is 0. The lowest BCUT2D eigenvalue weighted by atomic mass is 10.2. The second kappa shape index (κ2) is 12.3. The number of rotatable bonds is 12. The molecule has 0 spiro atoms. The Morgan fingerprint density at radius 2 is 1.18 bits per heavy atom. The Morgan fingerprint density at radius 1 is 0.765 bits per heavy atom. The molecule has 104 valence electrons. The molecule has 0 unspecified atom stereocenters. The zero-order valence-corrected chi connectivity index (χ0v) is 12.1. The topological polar surface area (TPSA) is 30.5 Å². The first-order valence-electron chi connectivity index (χ1n) is 6.99. The number of hydrogen-bond donors (Lipinski definition) is 1. The van der Waals surface area contributed by atoms with Gasteiger partial charge in [-0.1, -0.05) is 27.7 Å². The maximum atomic E-state index is 5.50. The van der Waals surface area contributed by atoms with Crippen molar-refractivity contribution >= 4 is 0 Å². The van der Waals surface area contributed by atoms with Crippen molar-refractivity contribution in [3.05, 3.63) is 0 Å². The molecule has 0 aliphatic carbocycles. The fourth-order valence-corrected chi connectivity index (χ4v) is 1.36. The van der Waals surface area contributed by atoms with Crippen molar-refractivity contribution < 1.29 is 9.47 Å². The third-order valence-electron chi connectivity index (χ3n) is 2.19. The third-order valence-corrected chi connectivity index (χ3v) is 2.19. The van der Waals surface area contributed by atoms with E-state index in [-0.39, 0.29) is 0 Å². The van der Waals surface area contributed by atoms with Crippen molar-refractivity contribution in [1.29, 1.82) is 0 Å². The van der Waals surface area contributed by atoms with E-state index in [0.717, 1.165) is 52.4 Å². The van der Waals surface area contributed by atoms with E-state index >= 15 is 0 Å². The van der Waals surface area contributed by atoms with E-state index in [9.17, 15) is 0 Å². The maximum Gasteiger partial charge on any atom is 0.0489 e. The average molecular weight is 245 g/mol. The third kappa shape index (κ3) is 15.9. The molecule has 0 heterocycles. The van der Waals surface area contributed by atoms with Crippen LogP contribution in [0.25, 0.3) is 0 Å². The van der Waals surface area contributed by atoms with Gasteiger partial charge in [-0.25, -0.2) is 0 Å². The standard InChI is InChI=1S/C14H31NO2/c1-13(2)11-16-9-5-7-15-8-6-10-17-12-14(3)4/h13-15H,5-12H2,1-4H3. The SMILES string of the molecule is CC(C)COCCCNCCCOCC(C)C. The molecule has 0 aromatic carbocycles. The molecular weight excluding hydrogens is 214 g/mol. The maximum absolute atomic E-state index is 5.50. The van der Waals surface area contributed by atoms with Gasteiger partial charge >= 0.3 is 0 Å². The Balaban J connectivity index is 2.94. The van der Waals surface area contributed by atoms with Crippen LogP contribution in [0.3, 0.4) is 0 Å². The Kier molecular flexibility index (Phi) is 12.3. The van der Waals surface area contributed by atoms with Crippen LogP contribution in [0.15, 0.2) is 0 Å². The van der Waals surface area contributed by atoms with Gasteiger partial charge in [0.25, 0.3) is 0 Å². The van der Waals surface area contributed by atoms with Gasteiger partial charge in [0.05, 0.1) is 0 Å². The van der Waals surface area contributed by atoms with Crippen LogP contribution in [0.2, 0.25) is 0 Å². The molecule has 0 bridgehead atoms. The molecular formula is C14H31NO2. The van der Waals surface area contributed by atoms with Crippen molar-refractivity contribution in [3.63, 3.8) is 0 Å². The van der Waals surface area contributed by atoms with Crippen molar-refractivity contribution in [2.45, 2.75) is 40.5 Å². The van der Waals surface area contributed by atoms with Gasteiger partial charge < -0.3 is 14.8 Å². The molecule has 0 fully saturated rings. The summed E-state index contributed by atoms with van der Waals surface area (Å²) in [6.45, 7) is 14.3. The first kappa shape index (κ1) is 16.9. The van der Waals surface area contributed by atoms with Gasteiger partial charge in [0.15, 0.2) is 0 Å². The summed E-state index contributed by atoms with van der Waals surface area (Å²) in [4.78, 5) is 0. The minimum atomic E-state index is 0.640. The van der Waals surface area contributed by atoms with E-state index in [1.807, 2.05) is 0 Å². The van der Waals surface area contributed by atoms with Gasteiger partial charge in [0.1, 0.15) is 0 Å². The summed E-state index contributed by atoms with van der Waals surface area (Å²) in [5, 5.41) is 3.40. The smallest absolute Gasteiger partial charge is 0.0489 e. The normalized spacial score (nSPS) is 11.6. The summed E-state index contributed by atoms with van der Waals surface area (Å²) in [6, 6.07) is 0. The first-order chi connectivity index (χ1) is 8.13. The molecule has 0 saturated carbocycles. The van der Waals surface area contributed by atoms with Crippen LogP contribution in [0.4, 0.5) is 0 Å². The summed E-state index contributed by atoms with van der Waals surface area (Å²) in [5.41, 5.74) is 0. The van der Waals surface area contributed by atoms with Gasteiger partial charge in [-0.2, -0.15) is 0 Å². The van der Waals surface area contributed by atoms with E-state index in [0.29, 0.717) is 11.8 Å². The summed E-state index contributed by atoms with van der Waals surface area (Å²) in [5.74, 6) is 1.28. The van der Waals surface area contributed by atoms with Gasteiger partial charge in [-0.15, -0.1) is 0 Å². The van der Waals surface area contributed by atoms with Crippen molar-refractivity contribution in [3.8, 4) is 0 Å².